The Kier molecular flexibility index (Phi) is 5.90. The predicted octanol–water partition coefficient (Wildman–Crippen LogP) is 1.68. The van der Waals surface area contributed by atoms with Crippen LogP contribution in [0, 0.1) is 5.92 Å². The van der Waals surface area contributed by atoms with Crippen molar-refractivity contribution in [3.8, 4) is 0 Å². The molecule has 2 rings (SSSR count). The van der Waals surface area contributed by atoms with Gasteiger partial charge in [0.05, 0.1) is 12.2 Å². The van der Waals surface area contributed by atoms with Crippen molar-refractivity contribution in [2.24, 2.45) is 5.92 Å². The first kappa shape index (κ1) is 17.6. The van der Waals surface area contributed by atoms with E-state index in [1.54, 1.807) is 19.2 Å². The number of ether oxygens (including phenoxy) is 1. The van der Waals surface area contributed by atoms with E-state index in [9.17, 15) is 14.7 Å². The second kappa shape index (κ2) is 7.70. The molecule has 1 aromatic heterocycles. The summed E-state index contributed by atoms with van der Waals surface area (Å²) in [6.45, 7) is 5.88. The molecule has 128 valence electrons. The Labute approximate surface area is 135 Å². The van der Waals surface area contributed by atoms with Crippen LogP contribution in [0.2, 0.25) is 0 Å². The van der Waals surface area contributed by atoms with Crippen LogP contribution < -0.4 is 11.0 Å². The fourth-order valence-corrected chi connectivity index (χ4v) is 2.49. The Bertz CT molecular complexity index is 599. The van der Waals surface area contributed by atoms with Crippen LogP contribution in [0.4, 0.5) is 5.82 Å². The molecule has 7 nitrogen and oxygen atoms in total. The first-order chi connectivity index (χ1) is 10.9. The normalized spacial score (nSPS) is 24.7. The van der Waals surface area contributed by atoms with Crippen molar-refractivity contribution in [3.05, 3.63) is 22.7 Å². The molecule has 1 amide bonds. The summed E-state index contributed by atoms with van der Waals surface area (Å²) in [4.78, 5) is 27.8. The Hall–Kier alpha value is -1.73. The SMILES string of the molecule is CC(C)CCC(=O)Nc1ccn([C@H]2CC[C@H](O)[C@@H](C)O2)c(=O)n1. The number of rotatable bonds is 5. The van der Waals surface area contributed by atoms with Crippen LogP contribution in [0.3, 0.4) is 0 Å². The van der Waals surface area contributed by atoms with Crippen LogP contribution in [0.5, 0.6) is 0 Å². The molecule has 1 fully saturated rings. The van der Waals surface area contributed by atoms with E-state index in [1.807, 2.05) is 0 Å². The van der Waals surface area contributed by atoms with Gasteiger partial charge < -0.3 is 15.2 Å². The quantitative estimate of drug-likeness (QED) is 0.860. The molecular formula is C16H25N3O4. The number of aromatic nitrogens is 2. The van der Waals surface area contributed by atoms with Crippen molar-refractivity contribution in [3.63, 3.8) is 0 Å². The van der Waals surface area contributed by atoms with E-state index < -0.39 is 18.0 Å². The summed E-state index contributed by atoms with van der Waals surface area (Å²) in [6.07, 6.45) is 2.63. The number of carbonyl (C=O) groups excluding carboxylic acids is 1. The molecule has 0 saturated carbocycles. The standard InChI is InChI=1S/C16H25N3O4/c1-10(2)4-6-14(21)17-13-8-9-19(16(22)18-13)15-7-5-12(20)11(3)23-15/h8-12,15,20H,4-7H2,1-3H3,(H,17,18,21,22)/t11-,12+,15-/m1/s1. The van der Waals surface area contributed by atoms with E-state index >= 15 is 0 Å². The number of carbonyl (C=O) groups is 1. The van der Waals surface area contributed by atoms with Crippen LogP contribution in [0.25, 0.3) is 0 Å². The lowest BCUT2D eigenvalue weighted by molar-refractivity contribution is -0.139. The lowest BCUT2D eigenvalue weighted by Crippen LogP contribution is -2.39. The zero-order valence-corrected chi connectivity index (χ0v) is 13.9. The number of hydrogen-bond donors (Lipinski definition) is 2. The third-order valence-electron chi connectivity index (χ3n) is 3.98. The number of amides is 1. The molecule has 0 radical (unpaired) electrons. The predicted molar refractivity (Wildman–Crippen MR) is 86.0 cm³/mol. The highest BCUT2D eigenvalue weighted by atomic mass is 16.5. The summed E-state index contributed by atoms with van der Waals surface area (Å²) in [5.74, 6) is 0.556. The van der Waals surface area contributed by atoms with Gasteiger partial charge in [-0.15, -0.1) is 0 Å². The number of aliphatic hydroxyl groups excluding tert-OH is 1. The van der Waals surface area contributed by atoms with Crippen LogP contribution in [-0.2, 0) is 9.53 Å². The molecule has 0 bridgehead atoms. The monoisotopic (exact) mass is 323 g/mol. The van der Waals surface area contributed by atoms with E-state index in [0.717, 1.165) is 6.42 Å². The maximum atomic E-state index is 12.1. The highest BCUT2D eigenvalue weighted by molar-refractivity contribution is 5.89. The Morgan fingerprint density at radius 3 is 2.87 bits per heavy atom. The molecule has 3 atom stereocenters. The van der Waals surface area contributed by atoms with Crippen molar-refractivity contribution in [2.45, 2.75) is 64.9 Å². The molecule has 1 aliphatic heterocycles. The smallest absolute Gasteiger partial charge is 0.351 e. The number of anilines is 1. The molecule has 2 N–H and O–H groups in total. The number of nitrogens with one attached hydrogen (secondary N) is 1. The van der Waals surface area contributed by atoms with Gasteiger partial charge in [0.15, 0.2) is 0 Å². The summed E-state index contributed by atoms with van der Waals surface area (Å²) in [7, 11) is 0. The summed E-state index contributed by atoms with van der Waals surface area (Å²) in [6, 6.07) is 1.59. The Balaban J connectivity index is 2.01. The molecule has 0 unspecified atom stereocenters. The summed E-state index contributed by atoms with van der Waals surface area (Å²) in [5, 5.41) is 12.3. The Morgan fingerprint density at radius 1 is 1.52 bits per heavy atom. The minimum atomic E-state index is -0.505. The van der Waals surface area contributed by atoms with E-state index in [1.165, 1.54) is 4.57 Å². The van der Waals surface area contributed by atoms with Crippen molar-refractivity contribution in [2.75, 3.05) is 5.32 Å². The third kappa shape index (κ3) is 4.87. The number of aliphatic hydroxyl groups is 1. The van der Waals surface area contributed by atoms with Gasteiger partial charge in [0, 0.05) is 12.6 Å². The average Bonchev–Trinajstić information content (AvgIpc) is 2.48. The van der Waals surface area contributed by atoms with E-state index in [0.29, 0.717) is 25.2 Å². The average molecular weight is 323 g/mol. The van der Waals surface area contributed by atoms with Crippen molar-refractivity contribution >= 4 is 11.7 Å². The molecule has 23 heavy (non-hydrogen) atoms. The van der Waals surface area contributed by atoms with Gasteiger partial charge in [-0.05, 0) is 38.2 Å². The molecule has 0 aromatic carbocycles. The first-order valence-corrected chi connectivity index (χ1v) is 8.09. The lowest BCUT2D eigenvalue weighted by Gasteiger charge is -2.32. The van der Waals surface area contributed by atoms with Crippen LogP contribution in [0.15, 0.2) is 17.1 Å². The van der Waals surface area contributed by atoms with E-state index in [-0.39, 0.29) is 17.8 Å². The highest BCUT2D eigenvalue weighted by Crippen LogP contribution is 2.25. The molecule has 1 saturated heterocycles. The third-order valence-corrected chi connectivity index (χ3v) is 3.98. The van der Waals surface area contributed by atoms with Crippen molar-refractivity contribution < 1.29 is 14.6 Å². The van der Waals surface area contributed by atoms with Crippen molar-refractivity contribution in [1.29, 1.82) is 0 Å². The molecular weight excluding hydrogens is 298 g/mol. The zero-order valence-electron chi connectivity index (χ0n) is 13.9. The number of hydrogen-bond acceptors (Lipinski definition) is 5. The summed E-state index contributed by atoms with van der Waals surface area (Å²) >= 11 is 0. The van der Waals surface area contributed by atoms with Gasteiger partial charge in [-0.25, -0.2) is 4.79 Å². The molecule has 7 heteroatoms. The number of nitrogens with zero attached hydrogens (tertiary/aromatic N) is 2. The van der Waals surface area contributed by atoms with E-state index in [4.69, 9.17) is 4.74 Å². The van der Waals surface area contributed by atoms with Gasteiger partial charge in [-0.2, -0.15) is 4.98 Å². The largest absolute Gasteiger partial charge is 0.390 e. The van der Waals surface area contributed by atoms with Gasteiger partial charge in [0.1, 0.15) is 12.0 Å². The maximum absolute atomic E-state index is 12.1. The topological polar surface area (TPSA) is 93.5 Å². The van der Waals surface area contributed by atoms with Gasteiger partial charge in [0.2, 0.25) is 5.91 Å². The Morgan fingerprint density at radius 2 is 2.26 bits per heavy atom. The fourth-order valence-electron chi connectivity index (χ4n) is 2.49. The molecule has 1 aliphatic rings. The molecule has 1 aromatic rings. The van der Waals surface area contributed by atoms with Crippen LogP contribution in [-0.4, -0.2) is 32.8 Å². The highest BCUT2D eigenvalue weighted by Gasteiger charge is 2.28. The fraction of sp³-hybridized carbons (Fsp3) is 0.688. The lowest BCUT2D eigenvalue weighted by atomic mass is 10.1. The van der Waals surface area contributed by atoms with Gasteiger partial charge in [-0.1, -0.05) is 13.8 Å². The molecule has 2 heterocycles. The summed E-state index contributed by atoms with van der Waals surface area (Å²) < 4.78 is 7.03. The van der Waals surface area contributed by atoms with Gasteiger partial charge >= 0.3 is 5.69 Å². The minimum Gasteiger partial charge on any atom is -0.390 e. The second-order valence-corrected chi connectivity index (χ2v) is 6.42. The first-order valence-electron chi connectivity index (χ1n) is 8.09. The van der Waals surface area contributed by atoms with Gasteiger partial charge in [0.25, 0.3) is 0 Å². The van der Waals surface area contributed by atoms with Crippen LogP contribution in [0.1, 0.15) is 52.7 Å². The van der Waals surface area contributed by atoms with Crippen LogP contribution >= 0.6 is 0 Å². The molecule has 0 aliphatic carbocycles. The van der Waals surface area contributed by atoms with Gasteiger partial charge in [-0.3, -0.25) is 9.36 Å². The minimum absolute atomic E-state index is 0.144. The van der Waals surface area contributed by atoms with Crippen molar-refractivity contribution in [1.82, 2.24) is 9.55 Å². The molecule has 0 spiro atoms. The maximum Gasteiger partial charge on any atom is 0.351 e. The summed E-state index contributed by atoms with van der Waals surface area (Å²) in [5.41, 5.74) is -0.472. The van der Waals surface area contributed by atoms with E-state index in [2.05, 4.69) is 24.1 Å². The zero-order chi connectivity index (χ0) is 17.0. The second-order valence-electron chi connectivity index (χ2n) is 6.42.